The Hall–Kier alpha value is -6.84. The predicted octanol–water partition coefficient (Wildman–Crippen LogP) is 13.5. The van der Waals surface area contributed by atoms with Crippen LogP contribution in [0.5, 0.6) is 0 Å². The average Bonchev–Trinajstić information content (AvgIpc) is 3.73. The third-order valence-corrected chi connectivity index (χ3v) is 9.97. The van der Waals surface area contributed by atoms with E-state index in [4.69, 9.17) is 4.42 Å². The van der Waals surface area contributed by atoms with Gasteiger partial charge in [-0.2, -0.15) is 0 Å². The first-order chi connectivity index (χ1) is 25.7. The second-order valence-corrected chi connectivity index (χ2v) is 13.1. The number of nitrogens with zero attached hydrogens (tertiary/aromatic N) is 2. The summed E-state index contributed by atoms with van der Waals surface area (Å²) in [4.78, 5) is 2.27. The van der Waals surface area contributed by atoms with Crippen LogP contribution in [-0.2, 0) is 0 Å². The number of benzene rings is 7. The van der Waals surface area contributed by atoms with Crippen molar-refractivity contribution in [3.8, 4) is 27.9 Å². The highest BCUT2D eigenvalue weighted by Crippen LogP contribution is 2.41. The van der Waals surface area contributed by atoms with Crippen LogP contribution in [0.2, 0.25) is 0 Å². The third-order valence-electron chi connectivity index (χ3n) is 9.97. The predicted molar refractivity (Wildman–Crippen MR) is 219 cm³/mol. The number of allylic oxidation sites excluding steroid dienone is 2. The molecule has 248 valence electrons. The van der Waals surface area contributed by atoms with Crippen molar-refractivity contribution < 1.29 is 4.42 Å². The minimum absolute atomic E-state index is 0.817. The molecule has 0 bridgehead atoms. The molecule has 7 aromatic carbocycles. The number of hydrogen-bond donors (Lipinski definition) is 0. The lowest BCUT2D eigenvalue weighted by Crippen LogP contribution is -2.15. The van der Waals surface area contributed by atoms with E-state index in [-0.39, 0.29) is 0 Å². The lowest BCUT2D eigenvalue weighted by atomic mass is 10.0. The smallest absolute Gasteiger partial charge is 0.155 e. The van der Waals surface area contributed by atoms with Crippen LogP contribution in [0, 0.1) is 6.92 Å². The number of anilines is 2. The first-order valence-electron chi connectivity index (χ1n) is 17.6. The summed E-state index contributed by atoms with van der Waals surface area (Å²) in [5.74, 6) is 0.817. The van der Waals surface area contributed by atoms with E-state index in [9.17, 15) is 0 Å². The van der Waals surface area contributed by atoms with E-state index in [2.05, 4.69) is 181 Å². The van der Waals surface area contributed by atoms with Crippen LogP contribution in [-0.4, -0.2) is 4.57 Å². The van der Waals surface area contributed by atoms with Gasteiger partial charge >= 0.3 is 0 Å². The monoisotopic (exact) mass is 668 g/mol. The van der Waals surface area contributed by atoms with Crippen LogP contribution in [0.3, 0.4) is 0 Å². The van der Waals surface area contributed by atoms with E-state index >= 15 is 0 Å². The largest absolute Gasteiger partial charge is 0.454 e. The molecule has 0 saturated carbocycles. The molecule has 0 aliphatic rings. The molecular formula is C49H36N2O. The zero-order chi connectivity index (χ0) is 35.0. The number of furan rings is 1. The van der Waals surface area contributed by atoms with Gasteiger partial charge in [0, 0.05) is 38.8 Å². The number of para-hydroxylation sites is 3. The number of fused-ring (bicyclic) bond motifs is 4. The third kappa shape index (κ3) is 5.40. The Morgan fingerprint density at radius 3 is 1.75 bits per heavy atom. The molecule has 9 rings (SSSR count). The lowest BCUT2D eigenvalue weighted by molar-refractivity contribution is 0.595. The van der Waals surface area contributed by atoms with Gasteiger partial charge in [-0.1, -0.05) is 128 Å². The summed E-state index contributed by atoms with van der Waals surface area (Å²) in [7, 11) is 0. The van der Waals surface area contributed by atoms with Gasteiger partial charge in [0.2, 0.25) is 0 Å². The molecule has 2 aromatic heterocycles. The first-order valence-corrected chi connectivity index (χ1v) is 17.6. The SMILES string of the molecule is C=C/C=C(\c1oc2ccccc2c1C)N(c1ccc(-c2ccccc2)cc1)c1ccc(-c2ccc3c(c2)c2ccccc2n3-c2ccccc2)cc1. The summed E-state index contributed by atoms with van der Waals surface area (Å²) in [6.07, 6.45) is 3.88. The van der Waals surface area contributed by atoms with Crippen LogP contribution < -0.4 is 4.90 Å². The number of aromatic nitrogens is 1. The van der Waals surface area contributed by atoms with Crippen LogP contribution >= 0.6 is 0 Å². The molecule has 2 heterocycles. The quantitative estimate of drug-likeness (QED) is 0.150. The highest BCUT2D eigenvalue weighted by molar-refractivity contribution is 6.10. The maximum atomic E-state index is 6.57. The Balaban J connectivity index is 1.15. The molecule has 3 heteroatoms. The second kappa shape index (κ2) is 13.1. The Labute approximate surface area is 303 Å². The van der Waals surface area contributed by atoms with Crippen molar-refractivity contribution in [1.82, 2.24) is 4.57 Å². The van der Waals surface area contributed by atoms with Gasteiger partial charge in [-0.25, -0.2) is 0 Å². The summed E-state index contributed by atoms with van der Waals surface area (Å²) >= 11 is 0. The minimum Gasteiger partial charge on any atom is -0.454 e. The topological polar surface area (TPSA) is 21.3 Å². The lowest BCUT2D eigenvalue weighted by Gasteiger charge is -2.27. The molecule has 0 aliphatic heterocycles. The molecule has 0 unspecified atom stereocenters. The van der Waals surface area contributed by atoms with E-state index in [0.717, 1.165) is 56.2 Å². The maximum Gasteiger partial charge on any atom is 0.155 e. The van der Waals surface area contributed by atoms with Crippen LogP contribution in [0.15, 0.2) is 199 Å². The summed E-state index contributed by atoms with van der Waals surface area (Å²) in [5.41, 5.74) is 13.1. The fraction of sp³-hybridized carbons (Fsp3) is 0.0204. The zero-order valence-electron chi connectivity index (χ0n) is 28.9. The van der Waals surface area contributed by atoms with E-state index in [1.54, 1.807) is 0 Å². The van der Waals surface area contributed by atoms with Crippen molar-refractivity contribution in [2.45, 2.75) is 6.92 Å². The van der Waals surface area contributed by atoms with E-state index in [1.807, 2.05) is 30.4 Å². The fourth-order valence-electron chi connectivity index (χ4n) is 7.45. The number of rotatable bonds is 8. The number of hydrogen-bond acceptors (Lipinski definition) is 2. The van der Waals surface area contributed by atoms with E-state index < -0.39 is 0 Å². The van der Waals surface area contributed by atoms with Crippen LogP contribution in [0.25, 0.3) is 66.4 Å². The summed E-state index contributed by atoms with van der Waals surface area (Å²) in [6.45, 7) is 6.24. The molecule has 0 N–H and O–H groups in total. The molecule has 0 saturated heterocycles. The van der Waals surface area contributed by atoms with Gasteiger partial charge in [-0.15, -0.1) is 0 Å². The van der Waals surface area contributed by atoms with Gasteiger partial charge in [0.15, 0.2) is 5.76 Å². The molecule has 0 atom stereocenters. The van der Waals surface area contributed by atoms with Gasteiger partial charge in [0.25, 0.3) is 0 Å². The van der Waals surface area contributed by atoms with Crippen molar-refractivity contribution in [3.63, 3.8) is 0 Å². The van der Waals surface area contributed by atoms with Gasteiger partial charge in [-0.3, -0.25) is 0 Å². The molecule has 0 amide bonds. The van der Waals surface area contributed by atoms with E-state index in [0.29, 0.717) is 0 Å². The molecule has 0 spiro atoms. The average molecular weight is 669 g/mol. The maximum absolute atomic E-state index is 6.57. The van der Waals surface area contributed by atoms with Crippen molar-refractivity contribution in [1.29, 1.82) is 0 Å². The van der Waals surface area contributed by atoms with Gasteiger partial charge in [0.1, 0.15) is 5.58 Å². The summed E-state index contributed by atoms with van der Waals surface area (Å²) in [5, 5.41) is 3.58. The second-order valence-electron chi connectivity index (χ2n) is 13.1. The van der Waals surface area contributed by atoms with Crippen molar-refractivity contribution in [2.24, 2.45) is 0 Å². The van der Waals surface area contributed by atoms with Crippen LogP contribution in [0.4, 0.5) is 11.4 Å². The first kappa shape index (κ1) is 31.2. The zero-order valence-corrected chi connectivity index (χ0v) is 28.9. The molecular weight excluding hydrogens is 633 g/mol. The molecule has 9 aromatic rings. The normalized spacial score (nSPS) is 11.8. The highest BCUT2D eigenvalue weighted by atomic mass is 16.3. The molecule has 0 aliphatic carbocycles. The molecule has 0 fully saturated rings. The minimum atomic E-state index is 0.817. The fourth-order valence-corrected chi connectivity index (χ4v) is 7.45. The van der Waals surface area contributed by atoms with Gasteiger partial charge in [0.05, 0.1) is 16.7 Å². The Bertz CT molecular complexity index is 2730. The number of aryl methyl sites for hydroxylation is 1. The summed E-state index contributed by atoms with van der Waals surface area (Å²) < 4.78 is 8.93. The van der Waals surface area contributed by atoms with Crippen molar-refractivity contribution in [2.75, 3.05) is 4.90 Å². The van der Waals surface area contributed by atoms with E-state index in [1.165, 1.54) is 32.9 Å². The Morgan fingerprint density at radius 1 is 0.538 bits per heavy atom. The Kier molecular flexibility index (Phi) is 7.87. The molecule has 3 nitrogen and oxygen atoms in total. The molecule has 0 radical (unpaired) electrons. The summed E-state index contributed by atoms with van der Waals surface area (Å²) in [6, 6.07) is 62.3. The molecule has 52 heavy (non-hydrogen) atoms. The van der Waals surface area contributed by atoms with Gasteiger partial charge in [-0.05, 0) is 95.9 Å². The Morgan fingerprint density at radius 2 is 1.08 bits per heavy atom. The van der Waals surface area contributed by atoms with Gasteiger partial charge < -0.3 is 13.9 Å². The van der Waals surface area contributed by atoms with Crippen molar-refractivity contribution >= 4 is 49.8 Å². The van der Waals surface area contributed by atoms with Crippen molar-refractivity contribution in [3.05, 3.63) is 206 Å². The van der Waals surface area contributed by atoms with Crippen LogP contribution in [0.1, 0.15) is 11.3 Å². The standard InChI is InChI=1S/C49H36N2O/c1-3-14-47(49-34(2)42-19-11-13-22-48(42)52-49)50(40-28-23-36(24-29-40)35-15-6-4-7-16-35)41-30-25-37(26-31-41)38-27-32-46-44(33-38)43-20-10-12-21-45(43)51(46)39-17-8-5-9-18-39/h3-33H,1H2,2H3/b47-14+. The highest BCUT2D eigenvalue weighted by Gasteiger charge is 2.23.